The molecule has 1 heteroatoms. The molecule has 1 aromatic carbocycles. The normalized spacial score (nSPS) is 34.2. The van der Waals surface area contributed by atoms with Crippen LogP contribution in [0, 0.1) is 11.3 Å². The molecule has 1 N–H and O–H groups in total. The van der Waals surface area contributed by atoms with Crippen molar-refractivity contribution in [2.24, 2.45) is 11.3 Å². The highest BCUT2D eigenvalue weighted by Gasteiger charge is 2.43. The third kappa shape index (κ3) is 2.79. The van der Waals surface area contributed by atoms with E-state index in [1.54, 1.807) is 5.56 Å². The molecule has 1 spiro atoms. The van der Waals surface area contributed by atoms with E-state index in [0.29, 0.717) is 5.41 Å². The monoisotopic (exact) mass is 271 g/mol. The minimum atomic E-state index is 0.594. The average molecular weight is 271 g/mol. The number of hydrogen-bond donors (Lipinski definition) is 1. The van der Waals surface area contributed by atoms with E-state index in [1.165, 1.54) is 58.0 Å². The van der Waals surface area contributed by atoms with Crippen molar-refractivity contribution in [3.8, 4) is 0 Å². The maximum Gasteiger partial charge on any atom is 0.00255 e. The fourth-order valence-electron chi connectivity index (χ4n) is 4.68. The first-order valence-electron chi connectivity index (χ1n) is 8.60. The molecule has 0 bridgehead atoms. The fraction of sp³-hybridized carbons (Fsp3) is 0.684. The Morgan fingerprint density at radius 2 is 1.85 bits per heavy atom. The van der Waals surface area contributed by atoms with Gasteiger partial charge in [-0.3, -0.25) is 0 Å². The van der Waals surface area contributed by atoms with E-state index in [2.05, 4.69) is 42.6 Å². The Morgan fingerprint density at radius 3 is 2.55 bits per heavy atom. The number of benzene rings is 1. The van der Waals surface area contributed by atoms with Crippen LogP contribution in [0.5, 0.6) is 0 Å². The largest absolute Gasteiger partial charge is 0.316 e. The molecule has 0 radical (unpaired) electrons. The van der Waals surface area contributed by atoms with Crippen LogP contribution in [0.2, 0.25) is 0 Å². The second-order valence-electron chi connectivity index (χ2n) is 7.01. The van der Waals surface area contributed by atoms with Gasteiger partial charge in [-0.05, 0) is 55.5 Å². The smallest absolute Gasteiger partial charge is 0.00255 e. The van der Waals surface area contributed by atoms with Gasteiger partial charge in [0.2, 0.25) is 0 Å². The van der Waals surface area contributed by atoms with Crippen LogP contribution in [0.25, 0.3) is 0 Å². The van der Waals surface area contributed by atoms with Crippen molar-refractivity contribution in [1.29, 1.82) is 0 Å². The Morgan fingerprint density at radius 1 is 1.10 bits per heavy atom. The molecule has 0 aromatic heterocycles. The van der Waals surface area contributed by atoms with Gasteiger partial charge in [0.15, 0.2) is 0 Å². The SMILES string of the molecule is CCCC1CCC2(CCNCC2c2ccccc2)CC1. The van der Waals surface area contributed by atoms with Crippen molar-refractivity contribution in [3.63, 3.8) is 0 Å². The lowest BCUT2D eigenvalue weighted by Crippen LogP contribution is -2.45. The maximum absolute atomic E-state index is 3.64. The van der Waals surface area contributed by atoms with Crippen LogP contribution < -0.4 is 5.32 Å². The molecule has 1 saturated heterocycles. The van der Waals surface area contributed by atoms with E-state index in [4.69, 9.17) is 0 Å². The van der Waals surface area contributed by atoms with Gasteiger partial charge in [0.1, 0.15) is 0 Å². The molecule has 2 fully saturated rings. The molecular weight excluding hydrogens is 242 g/mol. The van der Waals surface area contributed by atoms with Crippen molar-refractivity contribution in [3.05, 3.63) is 35.9 Å². The molecule has 1 unspecified atom stereocenters. The summed E-state index contributed by atoms with van der Waals surface area (Å²) < 4.78 is 0. The highest BCUT2D eigenvalue weighted by atomic mass is 14.9. The maximum atomic E-state index is 3.64. The summed E-state index contributed by atoms with van der Waals surface area (Å²) in [7, 11) is 0. The molecule has 1 aliphatic carbocycles. The fourth-order valence-corrected chi connectivity index (χ4v) is 4.68. The van der Waals surface area contributed by atoms with Crippen LogP contribution in [0.3, 0.4) is 0 Å². The Balaban J connectivity index is 1.76. The van der Waals surface area contributed by atoms with Crippen LogP contribution >= 0.6 is 0 Å². The zero-order valence-corrected chi connectivity index (χ0v) is 12.9. The third-order valence-electron chi connectivity index (χ3n) is 5.89. The molecule has 110 valence electrons. The van der Waals surface area contributed by atoms with Gasteiger partial charge in [0.05, 0.1) is 0 Å². The van der Waals surface area contributed by atoms with Gasteiger partial charge in [0, 0.05) is 12.5 Å². The number of rotatable bonds is 3. The van der Waals surface area contributed by atoms with E-state index >= 15 is 0 Å². The summed E-state index contributed by atoms with van der Waals surface area (Å²) in [5, 5.41) is 3.64. The Labute approximate surface area is 124 Å². The lowest BCUT2D eigenvalue weighted by molar-refractivity contribution is 0.0768. The zero-order chi connectivity index (χ0) is 13.8. The predicted molar refractivity (Wildman–Crippen MR) is 86.0 cm³/mol. The van der Waals surface area contributed by atoms with Crippen molar-refractivity contribution in [2.75, 3.05) is 13.1 Å². The van der Waals surface area contributed by atoms with Gasteiger partial charge in [-0.2, -0.15) is 0 Å². The molecule has 1 aromatic rings. The van der Waals surface area contributed by atoms with Crippen LogP contribution in [0.1, 0.15) is 63.4 Å². The van der Waals surface area contributed by atoms with Crippen LogP contribution in [0.15, 0.2) is 30.3 Å². The van der Waals surface area contributed by atoms with E-state index in [0.717, 1.165) is 11.8 Å². The van der Waals surface area contributed by atoms with Gasteiger partial charge in [-0.1, -0.05) is 50.1 Å². The summed E-state index contributed by atoms with van der Waals surface area (Å²) in [5.74, 6) is 1.75. The summed E-state index contributed by atoms with van der Waals surface area (Å²) in [4.78, 5) is 0. The minimum absolute atomic E-state index is 0.594. The number of hydrogen-bond acceptors (Lipinski definition) is 1. The van der Waals surface area contributed by atoms with Gasteiger partial charge in [-0.25, -0.2) is 0 Å². The number of piperidine rings is 1. The molecule has 1 heterocycles. The Hall–Kier alpha value is -0.820. The van der Waals surface area contributed by atoms with Gasteiger partial charge >= 0.3 is 0 Å². The highest BCUT2D eigenvalue weighted by molar-refractivity contribution is 5.24. The van der Waals surface area contributed by atoms with Crippen molar-refractivity contribution in [2.45, 2.75) is 57.8 Å². The standard InChI is InChI=1S/C19H29N/c1-2-6-16-9-11-19(12-10-16)13-14-20-15-18(19)17-7-4-3-5-8-17/h3-5,7-8,16,18,20H,2,6,9-15H2,1H3. The van der Waals surface area contributed by atoms with Crippen LogP contribution in [-0.2, 0) is 0 Å². The topological polar surface area (TPSA) is 12.0 Å². The summed E-state index contributed by atoms with van der Waals surface area (Å²) in [5.41, 5.74) is 2.16. The molecule has 3 rings (SSSR count). The first kappa shape index (κ1) is 14.1. The average Bonchev–Trinajstić information content (AvgIpc) is 2.51. The summed E-state index contributed by atoms with van der Waals surface area (Å²) >= 11 is 0. The van der Waals surface area contributed by atoms with E-state index < -0.39 is 0 Å². The molecule has 1 saturated carbocycles. The molecule has 0 amide bonds. The first-order chi connectivity index (χ1) is 9.84. The molecule has 2 aliphatic rings. The van der Waals surface area contributed by atoms with E-state index in [9.17, 15) is 0 Å². The molecule has 20 heavy (non-hydrogen) atoms. The van der Waals surface area contributed by atoms with Gasteiger partial charge < -0.3 is 5.32 Å². The molecule has 1 atom stereocenters. The lowest BCUT2D eigenvalue weighted by Gasteiger charge is -2.49. The van der Waals surface area contributed by atoms with E-state index in [-0.39, 0.29) is 0 Å². The highest BCUT2D eigenvalue weighted by Crippen LogP contribution is 2.52. The van der Waals surface area contributed by atoms with E-state index in [1.807, 2.05) is 0 Å². The minimum Gasteiger partial charge on any atom is -0.316 e. The first-order valence-corrected chi connectivity index (χ1v) is 8.60. The molecule has 1 aliphatic heterocycles. The Bertz CT molecular complexity index is 403. The van der Waals surface area contributed by atoms with Gasteiger partial charge in [0.25, 0.3) is 0 Å². The van der Waals surface area contributed by atoms with Crippen LogP contribution in [0.4, 0.5) is 0 Å². The molecular formula is C19H29N. The van der Waals surface area contributed by atoms with Crippen molar-refractivity contribution >= 4 is 0 Å². The predicted octanol–water partition coefficient (Wildman–Crippen LogP) is 4.74. The number of nitrogens with one attached hydrogen (secondary N) is 1. The Kier molecular flexibility index (Phi) is 4.45. The molecule has 1 nitrogen and oxygen atoms in total. The third-order valence-corrected chi connectivity index (χ3v) is 5.89. The van der Waals surface area contributed by atoms with Gasteiger partial charge in [-0.15, -0.1) is 0 Å². The summed E-state index contributed by atoms with van der Waals surface area (Å²) in [6.45, 7) is 4.74. The van der Waals surface area contributed by atoms with Crippen molar-refractivity contribution in [1.82, 2.24) is 5.32 Å². The quantitative estimate of drug-likeness (QED) is 0.837. The zero-order valence-electron chi connectivity index (χ0n) is 12.9. The van der Waals surface area contributed by atoms with Crippen molar-refractivity contribution < 1.29 is 0 Å². The second-order valence-corrected chi connectivity index (χ2v) is 7.01. The van der Waals surface area contributed by atoms with Crippen LogP contribution in [-0.4, -0.2) is 13.1 Å². The lowest BCUT2D eigenvalue weighted by atomic mass is 9.58. The second kappa shape index (κ2) is 6.30. The summed E-state index contributed by atoms with van der Waals surface area (Å²) in [6, 6.07) is 11.3. The summed E-state index contributed by atoms with van der Waals surface area (Å²) in [6.07, 6.45) is 10.0.